The lowest BCUT2D eigenvalue weighted by Gasteiger charge is -2.58. The van der Waals surface area contributed by atoms with Crippen molar-refractivity contribution in [3.05, 3.63) is 11.6 Å². The van der Waals surface area contributed by atoms with Gasteiger partial charge in [-0.1, -0.05) is 31.5 Å². The Morgan fingerprint density at radius 1 is 1.08 bits per heavy atom. The van der Waals surface area contributed by atoms with Gasteiger partial charge in [0, 0.05) is 6.21 Å². The lowest BCUT2D eigenvalue weighted by molar-refractivity contribution is -0.0526. The standard InChI is InChI=1S/C22H34N2O2/c1-14(13-23-25)18-6-7-19-17-5-4-15-12-16(24-26)8-10-21(15,2)20(17)9-11-22(18,19)3/h12-14,17-20,25-26H,4-11H2,1-3H3/t14-,17+,18-,19+,20+,21+,22+/m1/s1. The summed E-state index contributed by atoms with van der Waals surface area (Å²) >= 11 is 0. The summed E-state index contributed by atoms with van der Waals surface area (Å²) in [5.74, 6) is 3.42. The maximum absolute atomic E-state index is 9.19. The third-order valence-corrected chi connectivity index (χ3v) is 9.12. The Balaban J connectivity index is 1.62. The van der Waals surface area contributed by atoms with Crippen LogP contribution in [0.1, 0.15) is 72.1 Å². The summed E-state index contributed by atoms with van der Waals surface area (Å²) in [6, 6.07) is 0. The van der Waals surface area contributed by atoms with Crippen molar-refractivity contribution >= 4 is 11.9 Å². The van der Waals surface area contributed by atoms with E-state index in [0.717, 1.165) is 36.3 Å². The Morgan fingerprint density at radius 2 is 1.88 bits per heavy atom. The third-order valence-electron chi connectivity index (χ3n) is 9.12. The van der Waals surface area contributed by atoms with Crippen molar-refractivity contribution < 1.29 is 10.4 Å². The summed E-state index contributed by atoms with van der Waals surface area (Å²) in [4.78, 5) is 0. The molecule has 0 unspecified atom stereocenters. The van der Waals surface area contributed by atoms with Gasteiger partial charge in [-0.25, -0.2) is 0 Å². The zero-order valence-electron chi connectivity index (χ0n) is 16.5. The fourth-order valence-corrected chi connectivity index (χ4v) is 7.76. The quantitative estimate of drug-likeness (QED) is 0.389. The highest BCUT2D eigenvalue weighted by molar-refractivity contribution is 5.96. The zero-order chi connectivity index (χ0) is 18.5. The Kier molecular flexibility index (Phi) is 4.44. The van der Waals surface area contributed by atoms with Crippen LogP contribution >= 0.6 is 0 Å². The summed E-state index contributed by atoms with van der Waals surface area (Å²) in [6.45, 7) is 7.24. The van der Waals surface area contributed by atoms with E-state index in [1.807, 2.05) is 0 Å². The maximum Gasteiger partial charge on any atom is 0.0795 e. The Labute approximate surface area is 157 Å². The fraction of sp³-hybridized carbons (Fsp3) is 0.818. The van der Waals surface area contributed by atoms with E-state index in [2.05, 4.69) is 37.2 Å². The summed E-state index contributed by atoms with van der Waals surface area (Å²) in [7, 11) is 0. The molecule has 0 amide bonds. The smallest absolute Gasteiger partial charge is 0.0795 e. The summed E-state index contributed by atoms with van der Waals surface area (Å²) in [6.07, 6.45) is 13.7. The van der Waals surface area contributed by atoms with Crippen molar-refractivity contribution in [1.82, 2.24) is 0 Å². The minimum Gasteiger partial charge on any atom is -0.411 e. The molecule has 4 aliphatic rings. The van der Waals surface area contributed by atoms with Gasteiger partial charge >= 0.3 is 0 Å². The van der Waals surface area contributed by atoms with Crippen molar-refractivity contribution in [1.29, 1.82) is 0 Å². The largest absolute Gasteiger partial charge is 0.411 e. The molecule has 4 rings (SSSR count). The van der Waals surface area contributed by atoms with Crippen LogP contribution in [0.25, 0.3) is 0 Å². The molecular formula is C22H34N2O2. The van der Waals surface area contributed by atoms with Crippen molar-refractivity contribution in [3.8, 4) is 0 Å². The van der Waals surface area contributed by atoms with E-state index in [0.29, 0.717) is 22.7 Å². The maximum atomic E-state index is 9.19. The van der Waals surface area contributed by atoms with E-state index in [1.165, 1.54) is 44.1 Å². The Bertz CT molecular complexity index is 655. The Morgan fingerprint density at radius 3 is 2.62 bits per heavy atom. The van der Waals surface area contributed by atoms with E-state index in [1.54, 1.807) is 6.21 Å². The van der Waals surface area contributed by atoms with Crippen LogP contribution in [0.2, 0.25) is 0 Å². The highest BCUT2D eigenvalue weighted by Gasteiger charge is 2.59. The number of hydrogen-bond donors (Lipinski definition) is 2. The van der Waals surface area contributed by atoms with Crippen LogP contribution in [0, 0.1) is 40.4 Å². The number of allylic oxidation sites excluding steroid dienone is 2. The molecule has 3 saturated carbocycles. The molecule has 4 nitrogen and oxygen atoms in total. The fourth-order valence-electron chi connectivity index (χ4n) is 7.76. The first-order valence-corrected chi connectivity index (χ1v) is 10.5. The van der Waals surface area contributed by atoms with Gasteiger partial charge in [0.25, 0.3) is 0 Å². The molecule has 0 heterocycles. The van der Waals surface area contributed by atoms with Crippen LogP contribution in [0.5, 0.6) is 0 Å². The molecule has 0 aromatic heterocycles. The van der Waals surface area contributed by atoms with Crippen molar-refractivity contribution in [2.24, 2.45) is 50.7 Å². The van der Waals surface area contributed by atoms with Crippen LogP contribution in [0.3, 0.4) is 0 Å². The minimum atomic E-state index is 0.300. The first-order valence-electron chi connectivity index (χ1n) is 10.5. The van der Waals surface area contributed by atoms with Gasteiger partial charge in [-0.3, -0.25) is 0 Å². The monoisotopic (exact) mass is 358 g/mol. The highest BCUT2D eigenvalue weighted by atomic mass is 16.4. The minimum absolute atomic E-state index is 0.300. The molecule has 0 aromatic rings. The van der Waals surface area contributed by atoms with Gasteiger partial charge in [-0.15, -0.1) is 5.16 Å². The number of nitrogens with zero attached hydrogens (tertiary/aromatic N) is 2. The van der Waals surface area contributed by atoms with E-state index in [4.69, 9.17) is 5.21 Å². The van der Waals surface area contributed by atoms with E-state index in [9.17, 15) is 5.21 Å². The van der Waals surface area contributed by atoms with Gasteiger partial charge in [-0.05, 0) is 97.9 Å². The van der Waals surface area contributed by atoms with Crippen molar-refractivity contribution in [2.75, 3.05) is 0 Å². The average Bonchev–Trinajstić information content (AvgIpc) is 2.98. The van der Waals surface area contributed by atoms with E-state index < -0.39 is 0 Å². The third kappa shape index (κ3) is 2.47. The normalized spacial score (nSPS) is 48.0. The summed E-state index contributed by atoms with van der Waals surface area (Å²) in [5.41, 5.74) is 3.10. The highest BCUT2D eigenvalue weighted by Crippen LogP contribution is 2.67. The van der Waals surface area contributed by atoms with Crippen LogP contribution in [-0.2, 0) is 0 Å². The van der Waals surface area contributed by atoms with E-state index in [-0.39, 0.29) is 0 Å². The molecule has 144 valence electrons. The summed E-state index contributed by atoms with van der Waals surface area (Å²) < 4.78 is 0. The van der Waals surface area contributed by atoms with Gasteiger partial charge in [0.2, 0.25) is 0 Å². The molecule has 0 radical (unpaired) electrons. The molecule has 7 atom stereocenters. The lowest BCUT2D eigenvalue weighted by atomic mass is 9.46. The second-order valence-electron chi connectivity index (χ2n) is 9.95. The van der Waals surface area contributed by atoms with Crippen LogP contribution in [-0.4, -0.2) is 22.3 Å². The number of hydrogen-bond acceptors (Lipinski definition) is 4. The molecule has 0 aliphatic heterocycles. The van der Waals surface area contributed by atoms with E-state index >= 15 is 0 Å². The van der Waals surface area contributed by atoms with Crippen LogP contribution in [0.15, 0.2) is 22.0 Å². The van der Waals surface area contributed by atoms with Crippen molar-refractivity contribution in [3.63, 3.8) is 0 Å². The first-order chi connectivity index (χ1) is 12.4. The molecule has 4 heteroatoms. The molecule has 4 aliphatic carbocycles. The molecule has 0 saturated heterocycles. The van der Waals surface area contributed by atoms with Crippen LogP contribution < -0.4 is 0 Å². The number of rotatable bonds is 2. The summed E-state index contributed by atoms with van der Waals surface area (Å²) in [5, 5.41) is 25.0. The van der Waals surface area contributed by atoms with Crippen LogP contribution in [0.4, 0.5) is 0 Å². The molecule has 2 N–H and O–H groups in total. The molecule has 0 bridgehead atoms. The van der Waals surface area contributed by atoms with Gasteiger partial charge in [0.15, 0.2) is 0 Å². The SMILES string of the molecule is C[C@H](C=NO)[C@H]1CC[C@H]2[C@@H]3CCC4=CC(=NO)CC[C@]4(C)[C@H]3CC[C@@]12C. The zero-order valence-corrected chi connectivity index (χ0v) is 16.5. The predicted octanol–water partition coefficient (Wildman–Crippen LogP) is 5.49. The molecular weight excluding hydrogens is 324 g/mol. The second-order valence-corrected chi connectivity index (χ2v) is 9.95. The molecule has 0 spiro atoms. The number of oxime groups is 2. The second kappa shape index (κ2) is 6.38. The topological polar surface area (TPSA) is 65.2 Å². The average molecular weight is 359 g/mol. The van der Waals surface area contributed by atoms with Gasteiger partial charge < -0.3 is 10.4 Å². The lowest BCUT2D eigenvalue weighted by Crippen LogP contribution is -2.51. The molecule has 3 fully saturated rings. The number of fused-ring (bicyclic) bond motifs is 5. The van der Waals surface area contributed by atoms with Gasteiger partial charge in [0.05, 0.1) is 5.71 Å². The Hall–Kier alpha value is -1.32. The first kappa shape index (κ1) is 18.1. The van der Waals surface area contributed by atoms with Gasteiger partial charge in [-0.2, -0.15) is 0 Å². The van der Waals surface area contributed by atoms with Gasteiger partial charge in [0.1, 0.15) is 0 Å². The van der Waals surface area contributed by atoms with Crippen molar-refractivity contribution in [2.45, 2.75) is 72.1 Å². The predicted molar refractivity (Wildman–Crippen MR) is 104 cm³/mol. The molecule has 26 heavy (non-hydrogen) atoms. The molecule has 0 aromatic carbocycles.